The van der Waals surface area contributed by atoms with Crippen LogP contribution in [0.1, 0.15) is 55.4 Å². The van der Waals surface area contributed by atoms with Gasteiger partial charge in [0.15, 0.2) is 11.6 Å². The molecule has 0 rings (SSSR count). The van der Waals surface area contributed by atoms with Gasteiger partial charge in [-0.05, 0) is 0 Å². The van der Waals surface area contributed by atoms with Gasteiger partial charge in [0.1, 0.15) is 13.2 Å². The zero-order chi connectivity index (χ0) is 22.7. The maximum absolute atomic E-state index is 11.2. The number of Topliss-reactive ketones (excluding diaryl/α,β-unsaturated/α-hetero) is 2. The van der Waals surface area contributed by atoms with Crippen LogP contribution in [0.3, 0.4) is 0 Å². The van der Waals surface area contributed by atoms with Gasteiger partial charge >= 0.3 is 0 Å². The predicted octanol–water partition coefficient (Wildman–Crippen LogP) is 2.47. The van der Waals surface area contributed by atoms with Crippen molar-refractivity contribution in [3.8, 4) is 0 Å². The molecule has 0 heterocycles. The molecule has 7 nitrogen and oxygen atoms in total. The van der Waals surface area contributed by atoms with Crippen molar-refractivity contribution in [2.45, 2.75) is 67.5 Å². The van der Waals surface area contributed by atoms with Crippen molar-refractivity contribution in [3.05, 3.63) is 0 Å². The lowest BCUT2D eigenvalue weighted by Crippen LogP contribution is -2.27. The van der Waals surface area contributed by atoms with Gasteiger partial charge < -0.3 is 24.8 Å². The zero-order valence-electron chi connectivity index (χ0n) is 20.0. The van der Waals surface area contributed by atoms with Crippen LogP contribution in [0.5, 0.6) is 0 Å². The molecule has 0 radical (unpaired) electrons. The summed E-state index contributed by atoms with van der Waals surface area (Å²) >= 11 is 0. The molecule has 29 heavy (non-hydrogen) atoms. The molecule has 7 heteroatoms. The summed E-state index contributed by atoms with van der Waals surface area (Å²) in [5.41, 5.74) is 0. The fourth-order valence-electron chi connectivity index (χ4n) is 1.74. The molecule has 0 aliphatic carbocycles. The fourth-order valence-corrected chi connectivity index (χ4v) is 1.74. The van der Waals surface area contributed by atoms with E-state index in [0.717, 1.165) is 13.1 Å². The molecule has 0 bridgehead atoms. The summed E-state index contributed by atoms with van der Waals surface area (Å²) in [4.78, 5) is 22.3. The molecule has 0 atom stereocenters. The SMILES string of the molecule is CC(C)NCCOCC(=O)C(C)C.CC(C)NCCOCCOCC(=O)C(C)C. The maximum Gasteiger partial charge on any atom is 0.160 e. The van der Waals surface area contributed by atoms with Crippen molar-refractivity contribution in [2.75, 3.05) is 52.7 Å². The van der Waals surface area contributed by atoms with E-state index in [2.05, 4.69) is 38.3 Å². The minimum atomic E-state index is 0.0520. The second-order valence-corrected chi connectivity index (χ2v) is 8.18. The summed E-state index contributed by atoms with van der Waals surface area (Å²) in [7, 11) is 0. The molecule has 0 aromatic rings. The molecule has 0 fully saturated rings. The van der Waals surface area contributed by atoms with Crippen LogP contribution >= 0.6 is 0 Å². The Morgan fingerprint density at radius 3 is 1.31 bits per heavy atom. The van der Waals surface area contributed by atoms with Crippen LogP contribution in [0.25, 0.3) is 0 Å². The lowest BCUT2D eigenvalue weighted by molar-refractivity contribution is -0.127. The quantitative estimate of drug-likeness (QED) is 0.351. The highest BCUT2D eigenvalue weighted by Gasteiger charge is 2.07. The minimum absolute atomic E-state index is 0.0520. The number of hydrogen-bond donors (Lipinski definition) is 2. The summed E-state index contributed by atoms with van der Waals surface area (Å²) < 4.78 is 15.7. The van der Waals surface area contributed by atoms with Gasteiger partial charge in [0.2, 0.25) is 0 Å². The third-order valence-electron chi connectivity index (χ3n) is 3.75. The van der Waals surface area contributed by atoms with Crippen LogP contribution in [-0.2, 0) is 23.8 Å². The maximum atomic E-state index is 11.2. The highest BCUT2D eigenvalue weighted by molar-refractivity contribution is 5.81. The van der Waals surface area contributed by atoms with Crippen LogP contribution in [-0.4, -0.2) is 76.4 Å². The molecule has 0 aliphatic heterocycles. The Balaban J connectivity index is 0. The number of carbonyl (C=O) groups excluding carboxylic acids is 2. The number of ketones is 2. The predicted molar refractivity (Wildman–Crippen MR) is 118 cm³/mol. The number of carbonyl (C=O) groups is 2. The van der Waals surface area contributed by atoms with Gasteiger partial charge in [0.25, 0.3) is 0 Å². The highest BCUT2D eigenvalue weighted by atomic mass is 16.5. The third-order valence-corrected chi connectivity index (χ3v) is 3.75. The van der Waals surface area contributed by atoms with Crippen molar-refractivity contribution >= 4 is 11.6 Å². The van der Waals surface area contributed by atoms with E-state index < -0.39 is 0 Å². The van der Waals surface area contributed by atoms with Crippen LogP contribution < -0.4 is 10.6 Å². The molecule has 0 aromatic carbocycles. The average Bonchev–Trinajstić information content (AvgIpc) is 2.63. The van der Waals surface area contributed by atoms with E-state index in [0.29, 0.717) is 38.5 Å². The standard InChI is InChI=1S/C12H25NO3.C10H21NO2/c1-10(2)12(14)9-16-8-7-15-6-5-13-11(3)4;1-8(2)10(12)7-13-6-5-11-9(3)4/h10-11,13H,5-9H2,1-4H3;8-9,11H,5-7H2,1-4H3. The van der Waals surface area contributed by atoms with Gasteiger partial charge in [-0.15, -0.1) is 0 Å². The summed E-state index contributed by atoms with van der Waals surface area (Å²) in [5, 5.41) is 6.46. The molecule has 0 amide bonds. The number of rotatable bonds is 17. The Morgan fingerprint density at radius 1 is 0.586 bits per heavy atom. The Labute approximate surface area is 178 Å². The Hall–Kier alpha value is -0.860. The van der Waals surface area contributed by atoms with E-state index in [9.17, 15) is 9.59 Å². The first-order valence-corrected chi connectivity index (χ1v) is 10.8. The van der Waals surface area contributed by atoms with Crippen LogP contribution in [0.4, 0.5) is 0 Å². The third kappa shape index (κ3) is 25.1. The number of nitrogens with one attached hydrogen (secondary N) is 2. The lowest BCUT2D eigenvalue weighted by Gasteiger charge is -2.09. The van der Waals surface area contributed by atoms with Gasteiger partial charge in [0, 0.05) is 37.0 Å². The molecule has 0 saturated heterocycles. The van der Waals surface area contributed by atoms with Crippen LogP contribution in [0.15, 0.2) is 0 Å². The normalized spacial score (nSPS) is 11.3. The molecule has 0 aromatic heterocycles. The first kappa shape index (κ1) is 30.3. The summed E-state index contributed by atoms with van der Waals surface area (Å²) in [6.45, 7) is 20.3. The topological polar surface area (TPSA) is 85.9 Å². The molecule has 0 aliphatic rings. The van der Waals surface area contributed by atoms with Crippen LogP contribution in [0, 0.1) is 11.8 Å². The van der Waals surface area contributed by atoms with Gasteiger partial charge in [-0.1, -0.05) is 55.4 Å². The zero-order valence-corrected chi connectivity index (χ0v) is 20.0. The molecule has 0 unspecified atom stereocenters. The van der Waals surface area contributed by atoms with Gasteiger partial charge in [-0.2, -0.15) is 0 Å². The molecular weight excluding hydrogens is 372 g/mol. The second-order valence-electron chi connectivity index (χ2n) is 8.18. The molecule has 0 saturated carbocycles. The van der Waals surface area contributed by atoms with E-state index in [1.807, 2.05) is 27.7 Å². The largest absolute Gasteiger partial charge is 0.378 e. The Bertz CT molecular complexity index is 399. The van der Waals surface area contributed by atoms with Gasteiger partial charge in [-0.3, -0.25) is 9.59 Å². The lowest BCUT2D eigenvalue weighted by atomic mass is 10.1. The smallest absolute Gasteiger partial charge is 0.160 e. The molecular formula is C22H46N2O5. The van der Waals surface area contributed by atoms with Crippen molar-refractivity contribution in [1.82, 2.24) is 10.6 Å². The number of ether oxygens (including phenoxy) is 3. The Morgan fingerprint density at radius 2 is 0.931 bits per heavy atom. The molecule has 2 N–H and O–H groups in total. The number of hydrogen-bond acceptors (Lipinski definition) is 7. The highest BCUT2D eigenvalue weighted by Crippen LogP contribution is 1.95. The van der Waals surface area contributed by atoms with Gasteiger partial charge in [0.05, 0.1) is 26.4 Å². The van der Waals surface area contributed by atoms with E-state index in [1.165, 1.54) is 0 Å². The second kappa shape index (κ2) is 20.4. The summed E-state index contributed by atoms with van der Waals surface area (Å²) in [6, 6.07) is 0.966. The van der Waals surface area contributed by atoms with Crippen molar-refractivity contribution < 1.29 is 23.8 Å². The van der Waals surface area contributed by atoms with Crippen LogP contribution in [0.2, 0.25) is 0 Å². The Kier molecular flexibility index (Phi) is 21.4. The summed E-state index contributed by atoms with van der Waals surface area (Å²) in [6.07, 6.45) is 0. The van der Waals surface area contributed by atoms with Crippen molar-refractivity contribution in [3.63, 3.8) is 0 Å². The first-order valence-electron chi connectivity index (χ1n) is 10.8. The minimum Gasteiger partial charge on any atom is -0.378 e. The van der Waals surface area contributed by atoms with E-state index in [1.54, 1.807) is 0 Å². The monoisotopic (exact) mass is 418 g/mol. The average molecular weight is 419 g/mol. The van der Waals surface area contributed by atoms with E-state index in [4.69, 9.17) is 14.2 Å². The first-order chi connectivity index (χ1) is 13.6. The molecule has 0 spiro atoms. The van der Waals surface area contributed by atoms with Crippen molar-refractivity contribution in [2.24, 2.45) is 11.8 Å². The fraction of sp³-hybridized carbons (Fsp3) is 0.909. The van der Waals surface area contributed by atoms with E-state index >= 15 is 0 Å². The summed E-state index contributed by atoms with van der Waals surface area (Å²) in [5.74, 6) is 0.445. The van der Waals surface area contributed by atoms with Crippen molar-refractivity contribution in [1.29, 1.82) is 0 Å². The molecule has 174 valence electrons. The van der Waals surface area contributed by atoms with Gasteiger partial charge in [-0.25, -0.2) is 0 Å². The van der Waals surface area contributed by atoms with E-state index in [-0.39, 0.29) is 36.6 Å².